The highest BCUT2D eigenvalue weighted by molar-refractivity contribution is 6.31. The van der Waals surface area contributed by atoms with E-state index in [9.17, 15) is 9.59 Å². The van der Waals surface area contributed by atoms with Crippen molar-refractivity contribution < 1.29 is 9.59 Å². The molecule has 0 aliphatic heterocycles. The summed E-state index contributed by atoms with van der Waals surface area (Å²) in [5, 5.41) is 9.06. The van der Waals surface area contributed by atoms with Crippen molar-refractivity contribution in [2.75, 3.05) is 13.1 Å². The van der Waals surface area contributed by atoms with Gasteiger partial charge in [0, 0.05) is 45.0 Å². The van der Waals surface area contributed by atoms with Crippen LogP contribution in [-0.2, 0) is 0 Å². The number of rotatable bonds is 9. The zero-order chi connectivity index (χ0) is 32.2. The van der Waals surface area contributed by atoms with E-state index in [1.165, 1.54) is 0 Å². The highest BCUT2D eigenvalue weighted by Gasteiger charge is 2.20. The molecule has 6 nitrogen and oxygen atoms in total. The minimum Gasteiger partial charge on any atom is -0.352 e. The molecule has 0 atom stereocenters. The molecule has 0 radical (unpaired) electrons. The molecule has 46 heavy (non-hydrogen) atoms. The first-order valence-corrected chi connectivity index (χ1v) is 15.9. The van der Waals surface area contributed by atoms with E-state index in [0.29, 0.717) is 47.1 Å². The van der Waals surface area contributed by atoms with Crippen LogP contribution < -0.4 is 10.6 Å². The number of para-hydroxylation sites is 2. The van der Waals surface area contributed by atoms with Crippen LogP contribution in [0, 0.1) is 13.8 Å². The van der Waals surface area contributed by atoms with E-state index in [2.05, 4.69) is 10.6 Å². The third kappa shape index (κ3) is 6.45. The summed E-state index contributed by atoms with van der Waals surface area (Å²) in [5.41, 5.74) is 7.65. The second-order valence-electron chi connectivity index (χ2n) is 11.2. The fourth-order valence-electron chi connectivity index (χ4n) is 5.81. The first-order chi connectivity index (χ1) is 22.3. The van der Waals surface area contributed by atoms with Gasteiger partial charge in [-0.1, -0.05) is 83.9 Å². The molecular formula is C38H32Cl2N4O2. The van der Waals surface area contributed by atoms with Crippen molar-refractivity contribution in [3.05, 3.63) is 129 Å². The van der Waals surface area contributed by atoms with Crippen LogP contribution in [0.2, 0.25) is 10.0 Å². The van der Waals surface area contributed by atoms with Gasteiger partial charge in [0.15, 0.2) is 0 Å². The first-order valence-electron chi connectivity index (χ1n) is 15.2. The Morgan fingerprint density at radius 2 is 0.935 bits per heavy atom. The van der Waals surface area contributed by atoms with Gasteiger partial charge in [0.05, 0.1) is 33.5 Å². The number of carbonyl (C=O) groups is 2. The lowest BCUT2D eigenvalue weighted by atomic mass is 9.97. The van der Waals surface area contributed by atoms with Gasteiger partial charge in [-0.3, -0.25) is 9.59 Å². The molecule has 2 N–H and O–H groups in total. The normalized spacial score (nSPS) is 11.1. The maximum absolute atomic E-state index is 13.5. The van der Waals surface area contributed by atoms with E-state index in [1.54, 1.807) is 0 Å². The maximum atomic E-state index is 13.5. The topological polar surface area (TPSA) is 84.0 Å². The Balaban J connectivity index is 1.12. The van der Waals surface area contributed by atoms with Gasteiger partial charge in [-0.25, -0.2) is 9.97 Å². The molecule has 0 saturated carbocycles. The van der Waals surface area contributed by atoms with E-state index >= 15 is 0 Å². The first kappa shape index (κ1) is 31.2. The van der Waals surface area contributed by atoms with E-state index in [0.717, 1.165) is 55.4 Å². The SMILES string of the molecule is Cc1c(-c2ccc(Cl)cc2)nc2ccccc2c1C(=O)NCCCCNC(=O)c1c(C)c(-c2ccc(Cl)cc2)nc2ccccc12. The quantitative estimate of drug-likeness (QED) is 0.154. The number of hydrogen-bond donors (Lipinski definition) is 2. The monoisotopic (exact) mass is 646 g/mol. The summed E-state index contributed by atoms with van der Waals surface area (Å²) in [6, 6.07) is 30.3. The summed E-state index contributed by atoms with van der Waals surface area (Å²) < 4.78 is 0. The lowest BCUT2D eigenvalue weighted by Gasteiger charge is -2.16. The third-order valence-electron chi connectivity index (χ3n) is 8.14. The van der Waals surface area contributed by atoms with E-state index in [4.69, 9.17) is 33.2 Å². The highest BCUT2D eigenvalue weighted by Crippen LogP contribution is 2.32. The largest absolute Gasteiger partial charge is 0.352 e. The lowest BCUT2D eigenvalue weighted by molar-refractivity contribution is 0.0940. The number of unbranched alkanes of at least 4 members (excludes halogenated alkanes) is 1. The molecule has 6 aromatic rings. The minimum absolute atomic E-state index is 0.149. The molecule has 230 valence electrons. The number of pyridine rings is 2. The zero-order valence-electron chi connectivity index (χ0n) is 25.5. The van der Waals surface area contributed by atoms with Crippen LogP contribution in [0.25, 0.3) is 44.3 Å². The average molecular weight is 648 g/mol. The van der Waals surface area contributed by atoms with Crippen LogP contribution in [-0.4, -0.2) is 34.9 Å². The molecule has 0 spiro atoms. The molecule has 2 amide bonds. The van der Waals surface area contributed by atoms with Crippen molar-refractivity contribution in [3.8, 4) is 22.5 Å². The fourth-order valence-corrected chi connectivity index (χ4v) is 6.06. The van der Waals surface area contributed by atoms with Gasteiger partial charge in [-0.15, -0.1) is 0 Å². The van der Waals surface area contributed by atoms with Crippen molar-refractivity contribution in [2.24, 2.45) is 0 Å². The molecule has 4 aromatic carbocycles. The summed E-state index contributed by atoms with van der Waals surface area (Å²) in [5.74, 6) is -0.298. The van der Waals surface area contributed by atoms with Crippen LogP contribution in [0.3, 0.4) is 0 Å². The zero-order valence-corrected chi connectivity index (χ0v) is 27.0. The number of halogens is 2. The molecule has 6 rings (SSSR count). The highest BCUT2D eigenvalue weighted by atomic mass is 35.5. The Morgan fingerprint density at radius 1 is 0.565 bits per heavy atom. The number of fused-ring (bicyclic) bond motifs is 2. The van der Waals surface area contributed by atoms with Gasteiger partial charge in [0.25, 0.3) is 11.8 Å². The van der Waals surface area contributed by atoms with Crippen LogP contribution in [0.4, 0.5) is 0 Å². The molecule has 2 aromatic heterocycles. The Hall–Kier alpha value is -4.78. The van der Waals surface area contributed by atoms with Gasteiger partial charge < -0.3 is 10.6 Å². The molecule has 0 aliphatic rings. The van der Waals surface area contributed by atoms with Crippen molar-refractivity contribution >= 4 is 56.8 Å². The number of carbonyl (C=O) groups excluding carboxylic acids is 2. The van der Waals surface area contributed by atoms with Crippen molar-refractivity contribution in [3.63, 3.8) is 0 Å². The number of aromatic nitrogens is 2. The minimum atomic E-state index is -0.149. The molecule has 0 saturated heterocycles. The molecule has 0 fully saturated rings. The lowest BCUT2D eigenvalue weighted by Crippen LogP contribution is -2.28. The van der Waals surface area contributed by atoms with Crippen LogP contribution in [0.1, 0.15) is 44.7 Å². The standard InChI is InChI=1S/C38H32Cl2N4O2/c1-23-33(29-9-3-5-11-31(29)43-35(23)25-13-17-27(39)18-14-25)37(45)41-21-7-8-22-42-38(46)34-24(2)36(26-15-19-28(40)20-16-26)44-32-12-6-4-10-30(32)34/h3-6,9-20H,7-8,21-22H2,1-2H3,(H,41,45)(H,42,46). The predicted molar refractivity (Wildman–Crippen MR) is 188 cm³/mol. The van der Waals surface area contributed by atoms with Gasteiger partial charge in [0.1, 0.15) is 0 Å². The summed E-state index contributed by atoms with van der Waals surface area (Å²) in [6.45, 7) is 4.80. The smallest absolute Gasteiger partial charge is 0.252 e. The number of nitrogens with zero attached hydrogens (tertiary/aromatic N) is 2. The van der Waals surface area contributed by atoms with Gasteiger partial charge in [-0.2, -0.15) is 0 Å². The predicted octanol–water partition coefficient (Wildman–Crippen LogP) is 8.98. The number of hydrogen-bond acceptors (Lipinski definition) is 4. The van der Waals surface area contributed by atoms with Crippen molar-refractivity contribution in [1.29, 1.82) is 0 Å². The van der Waals surface area contributed by atoms with Crippen LogP contribution in [0.5, 0.6) is 0 Å². The van der Waals surface area contributed by atoms with Gasteiger partial charge in [-0.05, 0) is 74.2 Å². The van der Waals surface area contributed by atoms with Crippen LogP contribution in [0.15, 0.2) is 97.1 Å². The fraction of sp³-hybridized carbons (Fsp3) is 0.158. The van der Waals surface area contributed by atoms with Gasteiger partial charge in [0.2, 0.25) is 0 Å². The van der Waals surface area contributed by atoms with Crippen molar-refractivity contribution in [2.45, 2.75) is 26.7 Å². The molecular weight excluding hydrogens is 615 g/mol. The second kappa shape index (κ2) is 13.7. The summed E-state index contributed by atoms with van der Waals surface area (Å²) >= 11 is 12.2. The average Bonchev–Trinajstić information content (AvgIpc) is 3.06. The van der Waals surface area contributed by atoms with E-state index in [1.807, 2.05) is 111 Å². The van der Waals surface area contributed by atoms with E-state index in [-0.39, 0.29) is 11.8 Å². The third-order valence-corrected chi connectivity index (χ3v) is 8.64. The van der Waals surface area contributed by atoms with Crippen molar-refractivity contribution in [1.82, 2.24) is 20.6 Å². The molecule has 0 unspecified atom stereocenters. The number of amides is 2. The van der Waals surface area contributed by atoms with Crippen LogP contribution >= 0.6 is 23.2 Å². The molecule has 8 heteroatoms. The molecule has 0 bridgehead atoms. The number of nitrogens with one attached hydrogen (secondary N) is 2. The Labute approximate surface area is 277 Å². The summed E-state index contributed by atoms with van der Waals surface area (Å²) in [7, 11) is 0. The summed E-state index contributed by atoms with van der Waals surface area (Å²) in [4.78, 5) is 36.8. The maximum Gasteiger partial charge on any atom is 0.252 e. The Kier molecular flexibility index (Phi) is 9.29. The van der Waals surface area contributed by atoms with E-state index < -0.39 is 0 Å². The second-order valence-corrected chi connectivity index (χ2v) is 12.1. The summed E-state index contributed by atoms with van der Waals surface area (Å²) in [6.07, 6.45) is 1.40. The van der Waals surface area contributed by atoms with Gasteiger partial charge >= 0.3 is 0 Å². The Bertz CT molecular complexity index is 1930. The number of benzene rings is 4. The Morgan fingerprint density at radius 3 is 1.33 bits per heavy atom. The molecule has 2 heterocycles. The molecule has 0 aliphatic carbocycles.